The molecule has 0 unspecified atom stereocenters. The van der Waals surface area contributed by atoms with E-state index in [9.17, 15) is 47.9 Å². The average Bonchev–Trinajstić information content (AvgIpc) is 1.65. The van der Waals surface area contributed by atoms with Crippen LogP contribution < -0.4 is 43.6 Å². The Balaban J connectivity index is 0.000000173. The molecular formula is C105H103N11O19. The molecule has 10 aliphatic rings. The fourth-order valence-corrected chi connectivity index (χ4v) is 17.5. The molecule has 0 bridgehead atoms. The fourth-order valence-electron chi connectivity index (χ4n) is 17.5. The molecule has 0 fully saturated rings. The summed E-state index contributed by atoms with van der Waals surface area (Å²) in [6.07, 6.45) is 28.5. The number of ketones is 1. The second-order valence-electron chi connectivity index (χ2n) is 33.9. The van der Waals surface area contributed by atoms with Gasteiger partial charge in [0.2, 0.25) is 0 Å². The summed E-state index contributed by atoms with van der Waals surface area (Å²) in [4.78, 5) is 152. The van der Waals surface area contributed by atoms with Crippen LogP contribution in [0.4, 0.5) is 28.4 Å². The van der Waals surface area contributed by atoms with Crippen molar-refractivity contribution in [1.82, 2.24) is 29.4 Å². The first-order valence-electron chi connectivity index (χ1n) is 45.1. The number of fused-ring (bicyclic) bond motifs is 8. The number of nitrogens with two attached hydrogens (primary N) is 1. The highest BCUT2D eigenvalue weighted by atomic mass is 16.5. The highest BCUT2D eigenvalue weighted by Gasteiger charge is 2.39. The van der Waals surface area contributed by atoms with Gasteiger partial charge in [0.25, 0.3) is 47.3 Å². The van der Waals surface area contributed by atoms with Crippen molar-refractivity contribution in [3.05, 3.63) is 256 Å². The molecular weight excluding hydrogens is 1720 g/mol. The molecule has 10 aliphatic heterocycles. The maximum atomic E-state index is 14.0. The molecule has 8 aromatic carbocycles. The van der Waals surface area contributed by atoms with Crippen LogP contribution in [0.15, 0.2) is 215 Å². The summed E-state index contributed by atoms with van der Waals surface area (Å²) < 4.78 is 46.5. The quantitative estimate of drug-likeness (QED) is 0.0215. The molecule has 4 atom stereocenters. The number of carbonyl (C=O) groups excluding carboxylic acids is 9. The molecule has 10 heterocycles. The van der Waals surface area contributed by atoms with Gasteiger partial charge in [-0.2, -0.15) is 0 Å². The van der Waals surface area contributed by atoms with Crippen LogP contribution in [0.3, 0.4) is 0 Å². The number of hydrogen-bond donors (Lipinski definition) is 2. The Morgan fingerprint density at radius 2 is 0.719 bits per heavy atom. The van der Waals surface area contributed by atoms with Crippen molar-refractivity contribution in [3.63, 3.8) is 0 Å². The lowest BCUT2D eigenvalue weighted by atomic mass is 9.97. The number of aryl methyl sites for hydroxylation is 2. The molecule has 0 spiro atoms. The number of rotatable bonds is 34. The topological polar surface area (TPSA) is 360 Å². The SMILES string of the molecule is COc1ccc(C2=CN3C(=O)c4cc(C)c(OCCCOc5cc6c(cc5OC)C(=O)N5C=C(c7cccc(CC(=O)CCCCCN8C(=O)C=CC8=O)c7)C[C@H]5C=N6)cc4N=C[C@@H]3C2)cc1.COc1ccc(C2=CN3C(=O)c4cc(C)c(OCCCOc5cc6c(cc5OC)C(=O)N5C=C(c7cccc(N)c7)C[C@H]5C=N6)cc4N=C[C@@H]3C2)cc1.O=C(O)CCCCCN1C(=O)C=CC1=O. The molecule has 0 saturated heterocycles. The van der Waals surface area contributed by atoms with Crippen LogP contribution in [0.1, 0.15) is 170 Å². The van der Waals surface area contributed by atoms with Crippen LogP contribution in [0.2, 0.25) is 0 Å². The number of anilines is 1. The van der Waals surface area contributed by atoms with Gasteiger partial charge in [-0.1, -0.05) is 73.5 Å². The minimum Gasteiger partial charge on any atom is -0.497 e. The zero-order chi connectivity index (χ0) is 94.5. The maximum absolute atomic E-state index is 14.0. The average molecular weight is 1820 g/mol. The number of carbonyl (C=O) groups is 10. The third-order valence-corrected chi connectivity index (χ3v) is 24.8. The molecule has 3 N–H and O–H groups in total. The largest absolute Gasteiger partial charge is 0.497 e. The third kappa shape index (κ3) is 21.3. The Bertz CT molecular complexity index is 6320. The van der Waals surface area contributed by atoms with Gasteiger partial charge in [-0.25, -0.2) is 0 Å². The lowest BCUT2D eigenvalue weighted by Crippen LogP contribution is -2.32. The highest BCUT2D eigenvalue weighted by molar-refractivity contribution is 6.14. The molecule has 30 nitrogen and oxygen atoms in total. The number of ether oxygens (including phenoxy) is 8. The second kappa shape index (κ2) is 41.9. The summed E-state index contributed by atoms with van der Waals surface area (Å²) in [7, 11) is 6.36. The van der Waals surface area contributed by atoms with Gasteiger partial charge in [0.15, 0.2) is 23.0 Å². The van der Waals surface area contributed by atoms with E-state index < -0.39 is 5.97 Å². The monoisotopic (exact) mass is 1820 g/mol. The van der Waals surface area contributed by atoms with Gasteiger partial charge in [-0.05, 0) is 161 Å². The number of carboxylic acid groups (broad SMARTS) is 1. The number of carboxylic acids is 1. The van der Waals surface area contributed by atoms with E-state index >= 15 is 0 Å². The molecule has 30 heteroatoms. The van der Waals surface area contributed by atoms with E-state index in [0.29, 0.717) is 208 Å². The number of imide groups is 2. The molecule has 18 rings (SSSR count). The van der Waals surface area contributed by atoms with Crippen LogP contribution in [0.25, 0.3) is 22.3 Å². The standard InChI is InChI=1S/C53H51N5O9.C42H39N5O6.C10H13NO4/c1-33-21-43-45(54-29-39-24-37(31-57(39)52(43)62)35-12-14-42(64-2)15-13-35)27-47(33)66-19-8-20-67-49-28-46-44(26-48(49)65-3)53(63)58-32-38(25-40(58)30-55-46)36-10-7-9-34(22-36)23-41(59)11-5-4-6-18-56-50(60)16-17-51(56)61;1-25-14-34-36(44-21-31-16-28(23-46(31)41(34)48)26-8-10-33(50-2)11-9-26)19-38(25)52-12-5-13-53-40-20-37-35(18-39(40)51-3)42(49)47-24-29(17-32(47)22-45-37)27-6-4-7-30(43)15-27;12-8-5-6-9(13)11(8)7-3-1-2-4-10(14)15/h7,9-10,12-17,21-22,26-32,39-40H,4-6,8,11,18-20,23-25H2,1-3H3;4,6-11,14-15,18-24,31-32H,5,12-13,16-17,43H2,1-3H3;5-6H,1-4,7H2,(H,14,15)/t39-,40-;31-,32-;/m00./s1. The van der Waals surface area contributed by atoms with Gasteiger partial charge in [0.05, 0.1) is 124 Å². The predicted octanol–water partition coefficient (Wildman–Crippen LogP) is 16.3. The molecule has 8 amide bonds. The van der Waals surface area contributed by atoms with Crippen LogP contribution in [0, 0.1) is 13.8 Å². The summed E-state index contributed by atoms with van der Waals surface area (Å²) in [5.74, 6) is 2.31. The van der Waals surface area contributed by atoms with Gasteiger partial charge in [-0.15, -0.1) is 0 Å². The number of nitrogen functional groups attached to an aromatic ring is 1. The molecule has 0 aliphatic carbocycles. The number of aliphatic carboxylic acids is 1. The predicted molar refractivity (Wildman–Crippen MR) is 511 cm³/mol. The molecule has 135 heavy (non-hydrogen) atoms. The van der Waals surface area contributed by atoms with Crippen LogP contribution in [0.5, 0.6) is 46.0 Å². The maximum Gasteiger partial charge on any atom is 0.303 e. The van der Waals surface area contributed by atoms with Gasteiger partial charge in [0.1, 0.15) is 28.8 Å². The van der Waals surface area contributed by atoms with Crippen molar-refractivity contribution < 1.29 is 90.9 Å². The summed E-state index contributed by atoms with van der Waals surface area (Å²) in [6, 6.07) is 44.6. The number of benzene rings is 8. The van der Waals surface area contributed by atoms with Crippen molar-refractivity contribution in [2.45, 2.75) is 134 Å². The first-order chi connectivity index (χ1) is 65.5. The number of nitrogens with zero attached hydrogens (tertiary/aromatic N) is 10. The molecule has 0 aromatic heterocycles. The summed E-state index contributed by atoms with van der Waals surface area (Å²) in [5, 5.41) is 8.38. The zero-order valence-corrected chi connectivity index (χ0v) is 75.8. The van der Waals surface area contributed by atoms with E-state index in [1.54, 1.807) is 71.4 Å². The van der Waals surface area contributed by atoms with E-state index in [1.807, 2.05) is 179 Å². The Hall–Kier alpha value is -15.6. The first kappa shape index (κ1) is 92.6. The number of amides is 8. The third-order valence-electron chi connectivity index (χ3n) is 24.8. The minimum absolute atomic E-state index is 0.0887. The van der Waals surface area contributed by atoms with Crippen LogP contribution in [-0.4, -0.2) is 210 Å². The minimum atomic E-state index is -0.815. The van der Waals surface area contributed by atoms with Crippen LogP contribution in [-0.2, 0) is 35.2 Å². The summed E-state index contributed by atoms with van der Waals surface area (Å²) in [6.45, 7) is 5.96. The lowest BCUT2D eigenvalue weighted by Gasteiger charge is -2.19. The summed E-state index contributed by atoms with van der Waals surface area (Å²) >= 11 is 0. The molecule has 692 valence electrons. The van der Waals surface area contributed by atoms with Gasteiger partial charge in [-0.3, -0.25) is 77.7 Å². The van der Waals surface area contributed by atoms with Crippen LogP contribution >= 0.6 is 0 Å². The number of methoxy groups -OCH3 is 4. The van der Waals surface area contributed by atoms with E-state index in [0.717, 1.165) is 79.2 Å². The van der Waals surface area contributed by atoms with E-state index in [2.05, 4.69) is 0 Å². The van der Waals surface area contributed by atoms with E-state index in [-0.39, 0.29) is 83.6 Å². The Morgan fingerprint density at radius 1 is 0.370 bits per heavy atom. The van der Waals surface area contributed by atoms with Gasteiger partial charge in [0, 0.05) is 175 Å². The van der Waals surface area contributed by atoms with Gasteiger partial charge < -0.3 is 68.3 Å². The number of Topliss-reactive ketones (excluding diaryl/α,β-unsaturated/α-hetero) is 1. The van der Waals surface area contributed by atoms with Crippen molar-refractivity contribution in [1.29, 1.82) is 0 Å². The second-order valence-corrected chi connectivity index (χ2v) is 33.9. The Kier molecular flexibility index (Phi) is 28.7. The normalized spacial score (nSPS) is 17.8. The highest BCUT2D eigenvalue weighted by Crippen LogP contribution is 2.45. The smallest absolute Gasteiger partial charge is 0.303 e. The van der Waals surface area contributed by atoms with Crippen molar-refractivity contribution >= 4 is 135 Å². The number of hydrogen-bond acceptors (Lipinski definition) is 23. The van der Waals surface area contributed by atoms with E-state index in [1.165, 1.54) is 41.2 Å². The van der Waals surface area contributed by atoms with E-state index in [4.69, 9.17) is 68.7 Å². The van der Waals surface area contributed by atoms with Crippen molar-refractivity contribution in [2.24, 2.45) is 20.0 Å². The van der Waals surface area contributed by atoms with Crippen molar-refractivity contribution in [3.8, 4) is 46.0 Å². The number of aliphatic imine (C=N–C) groups is 4. The van der Waals surface area contributed by atoms with Crippen molar-refractivity contribution in [2.75, 3.05) is 73.7 Å². The molecule has 0 radical (unpaired) electrons. The van der Waals surface area contributed by atoms with Gasteiger partial charge >= 0.3 is 5.97 Å². The fraction of sp³-hybridized carbons (Fsp3) is 0.295. The lowest BCUT2D eigenvalue weighted by molar-refractivity contribution is -0.138. The number of unbranched alkanes of at least 4 members (excludes halogenated alkanes) is 4. The summed E-state index contributed by atoms with van der Waals surface area (Å²) in [5.41, 5.74) is 21.5. The molecule has 0 saturated carbocycles. The Labute approximate surface area is 780 Å². The molecule has 8 aromatic rings. The zero-order valence-electron chi connectivity index (χ0n) is 75.8. The first-order valence-corrected chi connectivity index (χ1v) is 45.1. The Morgan fingerprint density at radius 3 is 1.09 bits per heavy atom.